The van der Waals surface area contributed by atoms with Crippen molar-refractivity contribution in [3.05, 3.63) is 114 Å². The molecule has 0 aliphatic rings. The van der Waals surface area contributed by atoms with E-state index in [4.69, 9.17) is 4.74 Å². The van der Waals surface area contributed by atoms with E-state index in [2.05, 4.69) is 29.6 Å². The molecule has 0 spiro atoms. The Bertz CT molecular complexity index is 1340. The first-order valence-corrected chi connectivity index (χ1v) is 10.0. The summed E-state index contributed by atoms with van der Waals surface area (Å²) >= 11 is 0. The Balaban J connectivity index is 1.41. The van der Waals surface area contributed by atoms with Gasteiger partial charge < -0.3 is 10.1 Å². The molecule has 0 aliphatic carbocycles. The summed E-state index contributed by atoms with van der Waals surface area (Å²) in [7, 11) is 0. The third-order valence-electron chi connectivity index (χ3n) is 4.90. The molecule has 4 aromatic rings. The van der Waals surface area contributed by atoms with Crippen molar-refractivity contribution in [2.24, 2.45) is 0 Å². The van der Waals surface area contributed by atoms with Gasteiger partial charge in [0.05, 0.1) is 5.69 Å². The summed E-state index contributed by atoms with van der Waals surface area (Å²) in [5.74, 6) is -0.565. The van der Waals surface area contributed by atoms with Crippen molar-refractivity contribution in [2.75, 3.05) is 5.32 Å². The summed E-state index contributed by atoms with van der Waals surface area (Å²) < 4.78 is 19.6. The minimum atomic E-state index is -0.672. The van der Waals surface area contributed by atoms with Gasteiger partial charge in [0.25, 0.3) is 5.91 Å². The van der Waals surface area contributed by atoms with E-state index in [0.717, 1.165) is 10.9 Å². The lowest BCUT2D eigenvalue weighted by Crippen LogP contribution is -2.14. The summed E-state index contributed by atoms with van der Waals surface area (Å²) in [4.78, 5) is 12.3. The smallest absolute Gasteiger partial charge is 0.266 e. The van der Waals surface area contributed by atoms with E-state index >= 15 is 0 Å². The number of nitrogens with one attached hydrogen (secondary N) is 1. The molecule has 32 heavy (non-hydrogen) atoms. The van der Waals surface area contributed by atoms with Crippen molar-refractivity contribution in [3.63, 3.8) is 0 Å². The highest BCUT2D eigenvalue weighted by atomic mass is 19.1. The second-order valence-corrected chi connectivity index (χ2v) is 7.14. The van der Waals surface area contributed by atoms with E-state index in [1.807, 2.05) is 24.3 Å². The van der Waals surface area contributed by atoms with Crippen LogP contribution in [0.1, 0.15) is 11.1 Å². The van der Waals surface area contributed by atoms with Gasteiger partial charge >= 0.3 is 0 Å². The molecule has 0 fully saturated rings. The average Bonchev–Trinajstić information content (AvgIpc) is 2.83. The quantitative estimate of drug-likeness (QED) is 0.301. The third kappa shape index (κ3) is 5.00. The normalized spacial score (nSPS) is 11.1. The number of para-hydroxylation sites is 1. The number of amides is 1. The Morgan fingerprint density at radius 2 is 1.66 bits per heavy atom. The summed E-state index contributed by atoms with van der Waals surface area (Å²) in [6.07, 6.45) is 1.45. The van der Waals surface area contributed by atoms with Crippen molar-refractivity contribution in [3.8, 4) is 11.8 Å². The van der Waals surface area contributed by atoms with E-state index in [1.54, 1.807) is 30.3 Å². The van der Waals surface area contributed by atoms with E-state index in [-0.39, 0.29) is 11.3 Å². The number of hydrogen-bond acceptors (Lipinski definition) is 3. The van der Waals surface area contributed by atoms with Crippen molar-refractivity contribution in [1.82, 2.24) is 0 Å². The van der Waals surface area contributed by atoms with Gasteiger partial charge in [0.1, 0.15) is 29.8 Å². The highest BCUT2D eigenvalue weighted by Gasteiger charge is 2.11. The molecule has 4 aromatic carbocycles. The van der Waals surface area contributed by atoms with Gasteiger partial charge in [-0.1, -0.05) is 60.7 Å². The number of halogens is 1. The Hall–Kier alpha value is -4.43. The van der Waals surface area contributed by atoms with Crippen LogP contribution in [0.3, 0.4) is 0 Å². The number of anilines is 1. The fraction of sp³-hybridized carbons (Fsp3) is 0.0370. The topological polar surface area (TPSA) is 62.1 Å². The highest BCUT2D eigenvalue weighted by Crippen LogP contribution is 2.20. The van der Waals surface area contributed by atoms with Gasteiger partial charge in [-0.3, -0.25) is 4.79 Å². The molecule has 0 saturated carbocycles. The lowest BCUT2D eigenvalue weighted by molar-refractivity contribution is -0.112. The van der Waals surface area contributed by atoms with Gasteiger partial charge in [0, 0.05) is 0 Å². The number of nitrogens with zero attached hydrogens (tertiary/aromatic N) is 1. The number of nitriles is 1. The maximum atomic E-state index is 13.7. The van der Waals surface area contributed by atoms with Crippen LogP contribution < -0.4 is 10.1 Å². The van der Waals surface area contributed by atoms with Crippen molar-refractivity contribution >= 4 is 28.4 Å². The molecular formula is C27H19FN2O2. The van der Waals surface area contributed by atoms with Crippen molar-refractivity contribution in [2.45, 2.75) is 6.61 Å². The van der Waals surface area contributed by atoms with Crippen LogP contribution in [0.5, 0.6) is 5.75 Å². The highest BCUT2D eigenvalue weighted by molar-refractivity contribution is 6.09. The van der Waals surface area contributed by atoms with Gasteiger partial charge in [0.2, 0.25) is 0 Å². The zero-order valence-corrected chi connectivity index (χ0v) is 17.1. The monoisotopic (exact) mass is 422 g/mol. The number of hydrogen-bond donors (Lipinski definition) is 1. The molecule has 156 valence electrons. The van der Waals surface area contributed by atoms with E-state index in [0.29, 0.717) is 17.9 Å². The minimum absolute atomic E-state index is 0.0242. The Morgan fingerprint density at radius 1 is 0.938 bits per heavy atom. The average molecular weight is 422 g/mol. The van der Waals surface area contributed by atoms with E-state index in [1.165, 1.54) is 29.7 Å². The minimum Gasteiger partial charge on any atom is -0.489 e. The molecular weight excluding hydrogens is 403 g/mol. The number of carbonyl (C=O) groups excluding carboxylic acids is 1. The zero-order valence-electron chi connectivity index (χ0n) is 17.1. The number of fused-ring (bicyclic) bond motifs is 1. The molecule has 4 nitrogen and oxygen atoms in total. The van der Waals surface area contributed by atoms with Gasteiger partial charge in [-0.05, 0) is 58.3 Å². The summed E-state index contributed by atoms with van der Waals surface area (Å²) in [6.45, 7) is 0.425. The molecule has 0 heterocycles. The number of rotatable bonds is 6. The second kappa shape index (κ2) is 9.59. The molecule has 1 N–H and O–H groups in total. The van der Waals surface area contributed by atoms with Crippen molar-refractivity contribution < 1.29 is 13.9 Å². The van der Waals surface area contributed by atoms with Gasteiger partial charge in [-0.15, -0.1) is 0 Å². The molecule has 0 unspecified atom stereocenters. The fourth-order valence-electron chi connectivity index (χ4n) is 3.22. The van der Waals surface area contributed by atoms with Crippen LogP contribution in [0, 0.1) is 17.1 Å². The molecule has 0 saturated heterocycles. The second-order valence-electron chi connectivity index (χ2n) is 7.14. The number of carbonyl (C=O) groups is 1. The molecule has 0 aromatic heterocycles. The first kappa shape index (κ1) is 20.8. The van der Waals surface area contributed by atoms with Crippen LogP contribution >= 0.6 is 0 Å². The van der Waals surface area contributed by atoms with Crippen LogP contribution in [0.2, 0.25) is 0 Å². The molecule has 5 heteroatoms. The maximum absolute atomic E-state index is 13.7. The van der Waals surface area contributed by atoms with Gasteiger partial charge in [0.15, 0.2) is 0 Å². The third-order valence-corrected chi connectivity index (χ3v) is 4.90. The molecule has 0 radical (unpaired) electrons. The standard InChI is InChI=1S/C27H19FN2O2/c28-25-7-3-4-8-26(25)30-27(31)23(17-29)15-19-10-13-24(14-11-19)32-18-20-9-12-21-5-1-2-6-22(21)16-20/h1-16H,18H2,(H,30,31)/b23-15-. The Morgan fingerprint density at radius 3 is 2.41 bits per heavy atom. The Kier molecular flexibility index (Phi) is 6.24. The lowest BCUT2D eigenvalue weighted by Gasteiger charge is -2.08. The van der Waals surface area contributed by atoms with Crippen LogP contribution in [-0.2, 0) is 11.4 Å². The molecule has 0 atom stereocenters. The molecule has 0 bridgehead atoms. The van der Waals surface area contributed by atoms with E-state index < -0.39 is 11.7 Å². The van der Waals surface area contributed by atoms with E-state index in [9.17, 15) is 14.4 Å². The van der Waals surface area contributed by atoms with Gasteiger partial charge in [-0.25, -0.2) is 4.39 Å². The predicted molar refractivity (Wildman–Crippen MR) is 123 cm³/mol. The lowest BCUT2D eigenvalue weighted by atomic mass is 10.1. The fourth-order valence-corrected chi connectivity index (χ4v) is 3.22. The molecule has 4 rings (SSSR count). The molecule has 0 aliphatic heterocycles. The van der Waals surface area contributed by atoms with Crippen LogP contribution in [0.25, 0.3) is 16.8 Å². The first-order chi connectivity index (χ1) is 15.6. The zero-order chi connectivity index (χ0) is 22.3. The summed E-state index contributed by atoms with van der Waals surface area (Å²) in [5.41, 5.74) is 1.61. The Labute approximate surface area is 185 Å². The summed E-state index contributed by atoms with van der Waals surface area (Å²) in [5, 5.41) is 14.1. The van der Waals surface area contributed by atoms with Crippen LogP contribution in [0.15, 0.2) is 96.6 Å². The van der Waals surface area contributed by atoms with Crippen LogP contribution in [-0.4, -0.2) is 5.91 Å². The number of ether oxygens (including phenoxy) is 1. The van der Waals surface area contributed by atoms with Crippen molar-refractivity contribution in [1.29, 1.82) is 5.26 Å². The SMILES string of the molecule is N#C/C(=C/c1ccc(OCc2ccc3ccccc3c2)cc1)C(=O)Nc1ccccc1F. The van der Waals surface area contributed by atoms with Crippen LogP contribution in [0.4, 0.5) is 10.1 Å². The van der Waals surface area contributed by atoms with Gasteiger partial charge in [-0.2, -0.15) is 5.26 Å². The largest absolute Gasteiger partial charge is 0.489 e. The first-order valence-electron chi connectivity index (χ1n) is 10.0. The molecule has 1 amide bonds. The number of benzene rings is 4. The predicted octanol–water partition coefficient (Wildman–Crippen LogP) is 6.10. The summed E-state index contributed by atoms with van der Waals surface area (Å²) in [6, 6.07) is 29.1. The maximum Gasteiger partial charge on any atom is 0.266 e.